The quantitative estimate of drug-likeness (QED) is 0.0738. The fourth-order valence-corrected chi connectivity index (χ4v) is 5.85. The predicted molar refractivity (Wildman–Crippen MR) is 155 cm³/mol. The van der Waals surface area contributed by atoms with Crippen LogP contribution in [0.15, 0.2) is 51.0 Å². The Kier molecular flexibility index (Phi) is 15.3. The summed E-state index contributed by atoms with van der Waals surface area (Å²) in [7, 11) is 0. The van der Waals surface area contributed by atoms with E-state index in [4.69, 9.17) is 28.4 Å². The molecule has 228 valence electrons. The lowest BCUT2D eigenvalue weighted by Crippen LogP contribution is -2.13. The second-order valence-electron chi connectivity index (χ2n) is 8.36. The summed E-state index contributed by atoms with van der Waals surface area (Å²) in [6.45, 7) is 8.49. The van der Waals surface area contributed by atoms with Gasteiger partial charge in [0.05, 0.1) is 27.2 Å². The van der Waals surface area contributed by atoms with Gasteiger partial charge in [-0.25, -0.2) is 9.59 Å². The van der Waals surface area contributed by atoms with Gasteiger partial charge in [-0.1, -0.05) is 36.7 Å². The third-order valence-corrected chi connectivity index (χ3v) is 7.84. The first-order chi connectivity index (χ1) is 20.7. The largest absolute Gasteiger partial charge is 0.492 e. The standard InChI is InChI=1S/C29H30N2O10S2/c1-4-22(32)37-12-14-39-24(34)8-6-10-36-21-16-19(3)26(28-27(21)42-29(43-28)20(17-30)18-31)41-11-7-9-25(35)40-15-13-38-23(33)5-2/h4-5,16H,1-2,6-15H2,3H3. The zero-order valence-corrected chi connectivity index (χ0v) is 25.1. The van der Waals surface area contributed by atoms with E-state index in [2.05, 4.69) is 13.2 Å². The summed E-state index contributed by atoms with van der Waals surface area (Å²) in [5, 5.41) is 18.8. The van der Waals surface area contributed by atoms with Gasteiger partial charge in [-0.15, -0.1) is 0 Å². The molecule has 1 heterocycles. The molecule has 1 aromatic rings. The van der Waals surface area contributed by atoms with Crippen molar-refractivity contribution in [2.24, 2.45) is 0 Å². The Bertz CT molecular complexity index is 1330. The maximum atomic E-state index is 11.9. The van der Waals surface area contributed by atoms with Gasteiger partial charge in [-0.2, -0.15) is 10.5 Å². The van der Waals surface area contributed by atoms with Gasteiger partial charge in [0.25, 0.3) is 0 Å². The fourth-order valence-electron chi connectivity index (χ4n) is 3.27. The molecule has 0 bridgehead atoms. The van der Waals surface area contributed by atoms with Crippen LogP contribution in [0.4, 0.5) is 0 Å². The SMILES string of the molecule is C=CC(=O)OCCOC(=O)CCCOc1cc(C)c(OCCCC(=O)OCCOC(=O)C=C)c2c1SC(=C(C#N)C#N)S2. The van der Waals surface area contributed by atoms with Gasteiger partial charge in [-0.3, -0.25) is 9.59 Å². The van der Waals surface area contributed by atoms with Crippen molar-refractivity contribution in [2.45, 2.75) is 42.4 Å². The summed E-state index contributed by atoms with van der Waals surface area (Å²) in [6.07, 6.45) is 2.91. The Labute approximate surface area is 257 Å². The van der Waals surface area contributed by atoms with Crippen LogP contribution in [0, 0.1) is 29.6 Å². The summed E-state index contributed by atoms with van der Waals surface area (Å²) in [5.74, 6) is -1.09. The Balaban J connectivity index is 1.95. The molecule has 1 aromatic carbocycles. The molecular weight excluding hydrogens is 600 g/mol. The molecule has 0 amide bonds. The average Bonchev–Trinajstić information content (AvgIpc) is 3.44. The second-order valence-corrected chi connectivity index (χ2v) is 10.7. The number of hydrogen-bond donors (Lipinski definition) is 0. The van der Waals surface area contributed by atoms with Crippen LogP contribution in [0.5, 0.6) is 11.5 Å². The van der Waals surface area contributed by atoms with Gasteiger partial charge in [-0.05, 0) is 31.4 Å². The molecule has 2 rings (SSSR count). The maximum absolute atomic E-state index is 11.9. The number of allylic oxidation sites excluding steroid dienone is 1. The molecule has 12 nitrogen and oxygen atoms in total. The lowest BCUT2D eigenvalue weighted by molar-refractivity contribution is -0.149. The molecule has 1 aliphatic heterocycles. The topological polar surface area (TPSA) is 171 Å². The van der Waals surface area contributed by atoms with Crippen molar-refractivity contribution in [1.29, 1.82) is 10.5 Å². The van der Waals surface area contributed by atoms with Gasteiger partial charge < -0.3 is 28.4 Å². The number of rotatable bonds is 18. The number of carbonyl (C=O) groups is 4. The zero-order chi connectivity index (χ0) is 31.6. The molecule has 1 aliphatic rings. The molecule has 0 radical (unpaired) electrons. The average molecular weight is 631 g/mol. The Hall–Kier alpha value is -4.40. The molecule has 0 N–H and O–H groups in total. The van der Waals surface area contributed by atoms with Crippen LogP contribution >= 0.6 is 23.5 Å². The molecule has 0 aliphatic carbocycles. The number of nitriles is 2. The first-order valence-electron chi connectivity index (χ1n) is 13.0. The van der Waals surface area contributed by atoms with E-state index in [0.717, 1.165) is 17.7 Å². The third kappa shape index (κ3) is 11.8. The van der Waals surface area contributed by atoms with Crippen LogP contribution in [-0.4, -0.2) is 63.5 Å². The molecule has 0 unspecified atom stereocenters. The minimum Gasteiger partial charge on any atom is -0.492 e. The first kappa shape index (κ1) is 34.8. The molecule has 0 aromatic heterocycles. The maximum Gasteiger partial charge on any atom is 0.330 e. The number of esters is 4. The molecule has 0 fully saturated rings. The van der Waals surface area contributed by atoms with Crippen LogP contribution in [0.25, 0.3) is 0 Å². The van der Waals surface area contributed by atoms with Crippen LogP contribution in [0.3, 0.4) is 0 Å². The van der Waals surface area contributed by atoms with Crippen molar-refractivity contribution in [2.75, 3.05) is 39.6 Å². The second kappa shape index (κ2) is 18.9. The molecule has 0 spiro atoms. The molecule has 0 saturated heterocycles. The summed E-state index contributed by atoms with van der Waals surface area (Å²) in [5.41, 5.74) is 0.697. The minimum absolute atomic E-state index is 0.0382. The summed E-state index contributed by atoms with van der Waals surface area (Å²) in [4.78, 5) is 47.2. The van der Waals surface area contributed by atoms with Gasteiger partial charge in [0.2, 0.25) is 0 Å². The highest BCUT2D eigenvalue weighted by atomic mass is 32.2. The smallest absolute Gasteiger partial charge is 0.330 e. The summed E-state index contributed by atoms with van der Waals surface area (Å²) in [6, 6.07) is 5.57. The van der Waals surface area contributed by atoms with Crippen molar-refractivity contribution in [3.05, 3.63) is 46.8 Å². The summed E-state index contributed by atoms with van der Waals surface area (Å²) >= 11 is 2.45. The molecule has 14 heteroatoms. The normalized spacial score (nSPS) is 11.2. The van der Waals surface area contributed by atoms with E-state index >= 15 is 0 Å². The molecule has 0 saturated carbocycles. The van der Waals surface area contributed by atoms with Crippen LogP contribution in [0.1, 0.15) is 31.2 Å². The van der Waals surface area contributed by atoms with Crippen molar-refractivity contribution >= 4 is 47.4 Å². The number of benzene rings is 1. The number of fused-ring (bicyclic) bond motifs is 1. The lowest BCUT2D eigenvalue weighted by atomic mass is 10.2. The monoisotopic (exact) mass is 630 g/mol. The fraction of sp³-hybridized carbons (Fsp3) is 0.379. The number of hydrogen-bond acceptors (Lipinski definition) is 14. The predicted octanol–water partition coefficient (Wildman–Crippen LogP) is 4.31. The van der Waals surface area contributed by atoms with E-state index in [-0.39, 0.29) is 58.1 Å². The molecule has 0 atom stereocenters. The Morgan fingerprint density at radius 2 is 1.26 bits per heavy atom. The number of thioether (sulfide) groups is 2. The molecule has 43 heavy (non-hydrogen) atoms. The number of ether oxygens (including phenoxy) is 6. The van der Waals surface area contributed by atoms with Crippen molar-refractivity contribution in [3.8, 4) is 23.6 Å². The third-order valence-electron chi connectivity index (χ3n) is 5.23. The van der Waals surface area contributed by atoms with Crippen molar-refractivity contribution in [1.82, 2.24) is 0 Å². The van der Waals surface area contributed by atoms with Crippen LogP contribution in [0.2, 0.25) is 0 Å². The highest BCUT2D eigenvalue weighted by molar-refractivity contribution is 8.24. The Morgan fingerprint density at radius 1 is 0.767 bits per heavy atom. The van der Waals surface area contributed by atoms with E-state index in [1.54, 1.807) is 6.07 Å². The van der Waals surface area contributed by atoms with E-state index in [9.17, 15) is 29.7 Å². The van der Waals surface area contributed by atoms with Gasteiger partial charge >= 0.3 is 23.9 Å². The van der Waals surface area contributed by atoms with Crippen molar-refractivity contribution in [3.63, 3.8) is 0 Å². The summed E-state index contributed by atoms with van der Waals surface area (Å²) < 4.78 is 32.0. The number of carbonyl (C=O) groups excluding carboxylic acids is 4. The van der Waals surface area contributed by atoms with Crippen molar-refractivity contribution < 1.29 is 47.6 Å². The van der Waals surface area contributed by atoms with Gasteiger partial charge in [0.15, 0.2) is 0 Å². The number of nitrogens with zero attached hydrogens (tertiary/aromatic N) is 2. The van der Waals surface area contributed by atoms with Crippen LogP contribution < -0.4 is 9.47 Å². The Morgan fingerprint density at radius 3 is 1.77 bits per heavy atom. The van der Waals surface area contributed by atoms with E-state index in [1.807, 2.05) is 19.1 Å². The van der Waals surface area contributed by atoms with E-state index in [0.29, 0.717) is 38.4 Å². The highest BCUT2D eigenvalue weighted by Crippen LogP contribution is 2.59. The lowest BCUT2D eigenvalue weighted by Gasteiger charge is -2.16. The number of aryl methyl sites for hydroxylation is 1. The van der Waals surface area contributed by atoms with E-state index in [1.165, 1.54) is 23.5 Å². The molecular formula is C29H30N2O10S2. The zero-order valence-electron chi connectivity index (χ0n) is 23.5. The highest BCUT2D eigenvalue weighted by Gasteiger charge is 2.30. The van der Waals surface area contributed by atoms with Gasteiger partial charge in [0, 0.05) is 25.0 Å². The minimum atomic E-state index is -0.600. The van der Waals surface area contributed by atoms with Gasteiger partial charge in [0.1, 0.15) is 55.6 Å². The first-order valence-corrected chi connectivity index (χ1v) is 14.6. The van der Waals surface area contributed by atoms with E-state index < -0.39 is 23.9 Å². The van der Waals surface area contributed by atoms with Crippen LogP contribution in [-0.2, 0) is 38.1 Å².